The molecule has 0 amide bonds. The zero-order valence-corrected chi connectivity index (χ0v) is 15.3. The Morgan fingerprint density at radius 2 is 1.52 bits per heavy atom. The number of hydrogen-bond acceptors (Lipinski definition) is 5. The minimum absolute atomic E-state index is 0.155. The van der Waals surface area contributed by atoms with Crippen molar-refractivity contribution in [3.05, 3.63) is 101 Å². The lowest BCUT2D eigenvalue weighted by Crippen LogP contribution is -2.13. The van der Waals surface area contributed by atoms with Crippen LogP contribution in [0, 0.1) is 11.3 Å². The van der Waals surface area contributed by atoms with Crippen LogP contribution >= 0.6 is 0 Å². The largest absolute Gasteiger partial charge is 0.339 e. The summed E-state index contributed by atoms with van der Waals surface area (Å²) < 4.78 is 1.41. The standard InChI is InChI=1S/C22H16N6O/c23-15-16-11-13-17(14-12-16)24-21-20(26-25-18-7-3-1-4-8-18)22(29)28(27-21)19-9-5-2-6-10-19/h1-14,24,27H. The SMILES string of the molecule is N#Cc1ccc(Nc2[nH]n(-c3ccccc3)c(=O)c2N=Nc2ccccc2)cc1. The van der Waals surface area contributed by atoms with Crippen molar-refractivity contribution in [2.24, 2.45) is 10.2 Å². The molecular formula is C22H16N6O. The Morgan fingerprint density at radius 1 is 0.862 bits per heavy atom. The fourth-order valence-corrected chi connectivity index (χ4v) is 2.74. The summed E-state index contributed by atoms with van der Waals surface area (Å²) in [5.41, 5.74) is 2.41. The van der Waals surface area contributed by atoms with Crippen molar-refractivity contribution in [1.82, 2.24) is 9.78 Å². The number of hydrogen-bond donors (Lipinski definition) is 2. The van der Waals surface area contributed by atoms with Gasteiger partial charge in [-0.3, -0.25) is 9.89 Å². The fraction of sp³-hybridized carbons (Fsp3) is 0. The summed E-state index contributed by atoms with van der Waals surface area (Å²) in [6.45, 7) is 0. The van der Waals surface area contributed by atoms with Crippen molar-refractivity contribution < 1.29 is 0 Å². The third-order valence-corrected chi connectivity index (χ3v) is 4.19. The number of rotatable bonds is 5. The maximum atomic E-state index is 13.0. The second kappa shape index (κ2) is 8.06. The number of aromatic nitrogens is 2. The van der Waals surface area contributed by atoms with Gasteiger partial charge < -0.3 is 5.32 Å². The smallest absolute Gasteiger partial charge is 0.301 e. The molecule has 140 valence electrons. The van der Waals surface area contributed by atoms with Crippen LogP contribution in [0.3, 0.4) is 0 Å². The maximum absolute atomic E-state index is 13.0. The number of nitrogens with one attached hydrogen (secondary N) is 2. The first kappa shape index (κ1) is 17.9. The molecule has 29 heavy (non-hydrogen) atoms. The molecule has 0 spiro atoms. The number of H-pyrrole nitrogens is 1. The Balaban J connectivity index is 1.76. The molecule has 3 aromatic carbocycles. The van der Waals surface area contributed by atoms with E-state index in [4.69, 9.17) is 5.26 Å². The van der Waals surface area contributed by atoms with Crippen LogP contribution in [-0.2, 0) is 0 Å². The number of benzene rings is 3. The molecule has 0 fully saturated rings. The molecule has 0 saturated heterocycles. The fourth-order valence-electron chi connectivity index (χ4n) is 2.74. The van der Waals surface area contributed by atoms with E-state index in [1.807, 2.05) is 48.5 Å². The van der Waals surface area contributed by atoms with E-state index in [-0.39, 0.29) is 11.2 Å². The summed E-state index contributed by atoms with van der Waals surface area (Å²) in [5.74, 6) is 0.406. The molecule has 0 bridgehead atoms. The first-order chi connectivity index (χ1) is 14.2. The van der Waals surface area contributed by atoms with Gasteiger partial charge in [0.05, 0.1) is 23.0 Å². The summed E-state index contributed by atoms with van der Waals surface area (Å²) in [7, 11) is 0. The molecule has 4 aromatic rings. The lowest BCUT2D eigenvalue weighted by Gasteiger charge is -2.05. The molecule has 2 N–H and O–H groups in total. The molecule has 0 aliphatic carbocycles. The third-order valence-electron chi connectivity index (χ3n) is 4.19. The van der Waals surface area contributed by atoms with Crippen molar-refractivity contribution in [3.8, 4) is 11.8 Å². The van der Waals surface area contributed by atoms with E-state index in [2.05, 4.69) is 26.7 Å². The Hall–Kier alpha value is -4.44. The topological polar surface area (TPSA) is 98.3 Å². The highest BCUT2D eigenvalue weighted by Gasteiger charge is 2.15. The summed E-state index contributed by atoms with van der Waals surface area (Å²) in [6, 6.07) is 27.4. The van der Waals surface area contributed by atoms with Crippen LogP contribution in [0.2, 0.25) is 0 Å². The van der Waals surface area contributed by atoms with Crippen LogP contribution in [0.4, 0.5) is 22.9 Å². The van der Waals surface area contributed by atoms with E-state index in [0.29, 0.717) is 28.4 Å². The summed E-state index contributed by atoms with van der Waals surface area (Å²) in [6.07, 6.45) is 0. The molecular weight excluding hydrogens is 364 g/mol. The van der Waals surface area contributed by atoms with Crippen LogP contribution in [0.25, 0.3) is 5.69 Å². The van der Waals surface area contributed by atoms with Crippen molar-refractivity contribution in [2.75, 3.05) is 5.32 Å². The molecule has 0 radical (unpaired) electrons. The minimum atomic E-state index is -0.327. The third kappa shape index (κ3) is 3.96. The van der Waals surface area contributed by atoms with Crippen molar-refractivity contribution in [2.45, 2.75) is 0 Å². The molecule has 0 saturated carbocycles. The van der Waals surface area contributed by atoms with Gasteiger partial charge in [0, 0.05) is 5.69 Å². The lowest BCUT2D eigenvalue weighted by atomic mass is 10.2. The summed E-state index contributed by atoms with van der Waals surface area (Å²) in [5, 5.41) is 23.5. The second-order valence-corrected chi connectivity index (χ2v) is 6.16. The van der Waals surface area contributed by atoms with Gasteiger partial charge in [-0.15, -0.1) is 5.11 Å². The van der Waals surface area contributed by atoms with E-state index in [1.54, 1.807) is 36.4 Å². The van der Waals surface area contributed by atoms with Gasteiger partial charge in [0.1, 0.15) is 0 Å². The predicted molar refractivity (Wildman–Crippen MR) is 111 cm³/mol. The van der Waals surface area contributed by atoms with Crippen molar-refractivity contribution >= 4 is 22.9 Å². The highest BCUT2D eigenvalue weighted by molar-refractivity contribution is 5.68. The second-order valence-electron chi connectivity index (χ2n) is 6.16. The van der Waals surface area contributed by atoms with Gasteiger partial charge in [0.15, 0.2) is 11.5 Å². The van der Waals surface area contributed by atoms with E-state index in [1.165, 1.54) is 4.68 Å². The maximum Gasteiger partial charge on any atom is 0.301 e. The lowest BCUT2D eigenvalue weighted by molar-refractivity contribution is 0.852. The number of aromatic amines is 1. The van der Waals surface area contributed by atoms with Gasteiger partial charge in [-0.1, -0.05) is 36.4 Å². The first-order valence-electron chi connectivity index (χ1n) is 8.89. The molecule has 7 heteroatoms. The Kier molecular flexibility index (Phi) is 4.99. The van der Waals surface area contributed by atoms with E-state index >= 15 is 0 Å². The quantitative estimate of drug-likeness (QED) is 0.466. The Bertz CT molecular complexity index is 1230. The van der Waals surface area contributed by atoms with E-state index in [0.717, 1.165) is 0 Å². The predicted octanol–water partition coefficient (Wildman–Crippen LogP) is 5.20. The highest BCUT2D eigenvalue weighted by atomic mass is 16.1. The van der Waals surface area contributed by atoms with Crippen LogP contribution in [0.5, 0.6) is 0 Å². The molecule has 0 unspecified atom stereocenters. The monoisotopic (exact) mass is 380 g/mol. The first-order valence-corrected chi connectivity index (χ1v) is 8.89. The Labute approximate surface area is 166 Å². The molecule has 0 atom stereocenters. The van der Waals surface area contributed by atoms with Gasteiger partial charge in [0.25, 0.3) is 0 Å². The van der Waals surface area contributed by atoms with Crippen molar-refractivity contribution in [3.63, 3.8) is 0 Å². The number of nitriles is 1. The zero-order valence-electron chi connectivity index (χ0n) is 15.3. The van der Waals surface area contributed by atoms with E-state index < -0.39 is 0 Å². The van der Waals surface area contributed by atoms with Gasteiger partial charge in [0.2, 0.25) is 0 Å². The number of nitrogens with zero attached hydrogens (tertiary/aromatic N) is 4. The van der Waals surface area contributed by atoms with Crippen LogP contribution in [0.15, 0.2) is 100.0 Å². The van der Waals surface area contributed by atoms with Crippen molar-refractivity contribution in [1.29, 1.82) is 5.26 Å². The summed E-state index contributed by atoms with van der Waals surface area (Å²) >= 11 is 0. The van der Waals surface area contributed by atoms with Crippen LogP contribution < -0.4 is 10.9 Å². The molecule has 7 nitrogen and oxygen atoms in total. The van der Waals surface area contributed by atoms with Crippen LogP contribution in [0.1, 0.15) is 5.56 Å². The Morgan fingerprint density at radius 3 is 2.17 bits per heavy atom. The molecule has 0 aliphatic rings. The average molecular weight is 380 g/mol. The minimum Gasteiger partial charge on any atom is -0.339 e. The molecule has 1 aromatic heterocycles. The number of azo groups is 1. The normalized spacial score (nSPS) is 10.7. The van der Waals surface area contributed by atoms with Gasteiger partial charge in [-0.25, -0.2) is 4.68 Å². The van der Waals surface area contributed by atoms with Gasteiger partial charge >= 0.3 is 5.56 Å². The summed E-state index contributed by atoms with van der Waals surface area (Å²) in [4.78, 5) is 13.0. The molecule has 0 aliphatic heterocycles. The van der Waals surface area contributed by atoms with E-state index in [9.17, 15) is 4.79 Å². The van der Waals surface area contributed by atoms with Gasteiger partial charge in [-0.2, -0.15) is 10.4 Å². The number of para-hydroxylation sites is 1. The van der Waals surface area contributed by atoms with Crippen LogP contribution in [-0.4, -0.2) is 9.78 Å². The molecule has 4 rings (SSSR count). The van der Waals surface area contributed by atoms with Gasteiger partial charge in [-0.05, 0) is 48.5 Å². The number of anilines is 2. The zero-order chi connectivity index (χ0) is 20.1. The average Bonchev–Trinajstić information content (AvgIpc) is 3.09. The highest BCUT2D eigenvalue weighted by Crippen LogP contribution is 2.26. The molecule has 1 heterocycles.